The van der Waals surface area contributed by atoms with Crippen molar-refractivity contribution >= 4 is 34.0 Å². The second-order valence-corrected chi connectivity index (χ2v) is 5.88. The van der Waals surface area contributed by atoms with Gasteiger partial charge in [0.2, 0.25) is 0 Å². The van der Waals surface area contributed by atoms with Gasteiger partial charge in [-0.2, -0.15) is 0 Å². The molecule has 0 bridgehead atoms. The van der Waals surface area contributed by atoms with Gasteiger partial charge in [-0.05, 0) is 49.7 Å². The van der Waals surface area contributed by atoms with E-state index in [1.54, 1.807) is 6.07 Å². The summed E-state index contributed by atoms with van der Waals surface area (Å²) in [7, 11) is 0. The summed E-state index contributed by atoms with van der Waals surface area (Å²) < 4.78 is 5.24. The van der Waals surface area contributed by atoms with Crippen molar-refractivity contribution in [3.8, 4) is 12.3 Å². The first-order valence-corrected chi connectivity index (χ1v) is 7.95. The minimum Gasteiger partial charge on any atom is -0.423 e. The van der Waals surface area contributed by atoms with Gasteiger partial charge in [0.1, 0.15) is 5.58 Å². The lowest BCUT2D eigenvalue weighted by Gasteiger charge is -2.28. The summed E-state index contributed by atoms with van der Waals surface area (Å²) in [6, 6.07) is 7.02. The number of hydrogen-bond acceptors (Lipinski definition) is 3. The van der Waals surface area contributed by atoms with Crippen LogP contribution in [-0.4, -0.2) is 10.7 Å². The largest absolute Gasteiger partial charge is 0.423 e. The number of anilines is 1. The molecule has 0 unspecified atom stereocenters. The highest BCUT2D eigenvalue weighted by Gasteiger charge is 2.23. The number of hydrogen-bond donors (Lipinski definition) is 2. The molecule has 120 valence electrons. The summed E-state index contributed by atoms with van der Waals surface area (Å²) in [5, 5.41) is 7.63. The van der Waals surface area contributed by atoms with Crippen molar-refractivity contribution in [3.63, 3.8) is 0 Å². The smallest absolute Gasteiger partial charge is 0.336 e. The van der Waals surface area contributed by atoms with Crippen LogP contribution in [0.1, 0.15) is 32.3 Å². The summed E-state index contributed by atoms with van der Waals surface area (Å²) in [4.78, 5) is 11.5. The first-order valence-electron chi connectivity index (χ1n) is 7.54. The first-order chi connectivity index (χ1) is 10.9. The van der Waals surface area contributed by atoms with E-state index in [1.807, 2.05) is 32.9 Å². The molecule has 0 spiro atoms. The van der Waals surface area contributed by atoms with Crippen LogP contribution in [0.25, 0.3) is 11.0 Å². The molecule has 4 nitrogen and oxygen atoms in total. The normalized spacial score (nSPS) is 11.0. The van der Waals surface area contributed by atoms with E-state index >= 15 is 0 Å². The van der Waals surface area contributed by atoms with Crippen LogP contribution >= 0.6 is 12.2 Å². The fourth-order valence-electron chi connectivity index (χ4n) is 2.45. The predicted molar refractivity (Wildman–Crippen MR) is 98.7 cm³/mol. The van der Waals surface area contributed by atoms with Crippen molar-refractivity contribution in [2.24, 2.45) is 0 Å². The maximum atomic E-state index is 11.5. The van der Waals surface area contributed by atoms with Gasteiger partial charge >= 0.3 is 5.63 Å². The summed E-state index contributed by atoms with van der Waals surface area (Å²) in [6.07, 6.45) is 7.17. The summed E-state index contributed by atoms with van der Waals surface area (Å²) in [6.45, 7) is 5.92. The van der Waals surface area contributed by atoms with Crippen molar-refractivity contribution in [2.45, 2.75) is 39.2 Å². The molecule has 2 N–H and O–H groups in total. The van der Waals surface area contributed by atoms with Crippen LogP contribution in [0.15, 0.2) is 33.5 Å². The van der Waals surface area contributed by atoms with Crippen LogP contribution in [0, 0.1) is 19.3 Å². The van der Waals surface area contributed by atoms with Gasteiger partial charge in [-0.3, -0.25) is 0 Å². The molecule has 1 heterocycles. The Morgan fingerprint density at radius 2 is 2.04 bits per heavy atom. The lowest BCUT2D eigenvalue weighted by Crippen LogP contribution is -2.48. The molecule has 2 aromatic rings. The molecule has 0 aliphatic carbocycles. The number of terminal acetylenes is 1. The summed E-state index contributed by atoms with van der Waals surface area (Å²) in [5.41, 5.74) is 1.33. The third-order valence-electron chi connectivity index (χ3n) is 4.05. The van der Waals surface area contributed by atoms with Gasteiger partial charge in [0.05, 0.1) is 5.54 Å². The third-order valence-corrected chi connectivity index (χ3v) is 4.25. The lowest BCUT2D eigenvalue weighted by molar-refractivity contribution is 0.461. The van der Waals surface area contributed by atoms with Crippen molar-refractivity contribution in [1.29, 1.82) is 0 Å². The van der Waals surface area contributed by atoms with Gasteiger partial charge in [0.25, 0.3) is 0 Å². The molecule has 1 aromatic heterocycles. The maximum absolute atomic E-state index is 11.5. The van der Waals surface area contributed by atoms with Crippen LogP contribution in [-0.2, 0) is 0 Å². The average Bonchev–Trinajstić information content (AvgIpc) is 2.52. The molecule has 5 heteroatoms. The fraction of sp³-hybridized carbons (Fsp3) is 0.333. The number of aryl methyl sites for hydroxylation is 1. The highest BCUT2D eigenvalue weighted by molar-refractivity contribution is 7.80. The Labute approximate surface area is 141 Å². The molecule has 0 aliphatic heterocycles. The topological polar surface area (TPSA) is 54.3 Å². The zero-order valence-electron chi connectivity index (χ0n) is 13.5. The van der Waals surface area contributed by atoms with Gasteiger partial charge in [-0.25, -0.2) is 4.79 Å². The third kappa shape index (κ3) is 3.72. The molecule has 2 rings (SSSR count). The maximum Gasteiger partial charge on any atom is 0.336 e. The van der Waals surface area contributed by atoms with Crippen LogP contribution in [0.3, 0.4) is 0 Å². The van der Waals surface area contributed by atoms with Gasteiger partial charge < -0.3 is 15.1 Å². The summed E-state index contributed by atoms with van der Waals surface area (Å²) >= 11 is 5.35. The van der Waals surface area contributed by atoms with Crippen molar-refractivity contribution in [2.75, 3.05) is 5.32 Å². The van der Waals surface area contributed by atoms with E-state index in [4.69, 9.17) is 23.1 Å². The molecule has 0 saturated heterocycles. The van der Waals surface area contributed by atoms with Crippen LogP contribution in [0.4, 0.5) is 5.69 Å². The van der Waals surface area contributed by atoms with Crippen LogP contribution in [0.2, 0.25) is 0 Å². The Morgan fingerprint density at radius 3 is 2.65 bits per heavy atom. The summed E-state index contributed by atoms with van der Waals surface area (Å²) in [5.74, 6) is 2.78. The van der Waals surface area contributed by atoms with E-state index in [2.05, 4.69) is 16.6 Å². The SMILES string of the molecule is C#CC(CC)(CC)NC(=S)Nc1ccc2c(C)cc(=O)oc2c1. The standard InChI is InChI=1S/C18H20N2O2S/c1-5-18(6-2,7-3)20-17(23)19-13-8-9-14-12(4)10-16(21)22-15(14)11-13/h1,8-11H,6-7H2,2-4H3,(H2,19,20,23). The molecule has 0 atom stereocenters. The molecule has 0 saturated carbocycles. The number of thiocarbonyl (C=S) groups is 1. The molecule has 0 fully saturated rings. The Balaban J connectivity index is 2.24. The van der Waals surface area contributed by atoms with E-state index in [9.17, 15) is 4.79 Å². The lowest BCUT2D eigenvalue weighted by atomic mass is 9.94. The van der Waals surface area contributed by atoms with E-state index in [0.717, 1.165) is 29.5 Å². The second kappa shape index (κ2) is 6.84. The Kier molecular flexibility index (Phi) is 5.07. The van der Waals surface area contributed by atoms with Crippen molar-refractivity contribution in [3.05, 3.63) is 40.2 Å². The Bertz CT molecular complexity index is 829. The monoisotopic (exact) mass is 328 g/mol. The Morgan fingerprint density at radius 1 is 1.35 bits per heavy atom. The van der Waals surface area contributed by atoms with Gasteiger partial charge in [-0.1, -0.05) is 19.8 Å². The predicted octanol–water partition coefficient (Wildman–Crippen LogP) is 3.58. The highest BCUT2D eigenvalue weighted by Crippen LogP contribution is 2.21. The molecule has 0 radical (unpaired) electrons. The van der Waals surface area contributed by atoms with Crippen LogP contribution in [0.5, 0.6) is 0 Å². The Hall–Kier alpha value is -2.32. The first kappa shape index (κ1) is 17.0. The average molecular weight is 328 g/mol. The molecular formula is C18H20N2O2S. The molecule has 0 amide bonds. The molecular weight excluding hydrogens is 308 g/mol. The van der Waals surface area contributed by atoms with E-state index in [-0.39, 0.29) is 5.63 Å². The fourth-order valence-corrected chi connectivity index (χ4v) is 2.76. The van der Waals surface area contributed by atoms with Crippen molar-refractivity contribution in [1.82, 2.24) is 5.32 Å². The second-order valence-electron chi connectivity index (χ2n) is 5.47. The van der Waals surface area contributed by atoms with Gasteiger partial charge in [-0.15, -0.1) is 6.42 Å². The zero-order chi connectivity index (χ0) is 17.0. The highest BCUT2D eigenvalue weighted by atomic mass is 32.1. The number of fused-ring (bicyclic) bond motifs is 1. The van der Waals surface area contributed by atoms with Crippen molar-refractivity contribution < 1.29 is 4.42 Å². The quantitative estimate of drug-likeness (QED) is 0.510. The number of nitrogens with one attached hydrogen (secondary N) is 2. The van der Waals surface area contributed by atoms with Crippen LogP contribution < -0.4 is 16.3 Å². The van der Waals surface area contributed by atoms with E-state index in [0.29, 0.717) is 10.7 Å². The minimum atomic E-state index is -0.454. The van der Waals surface area contributed by atoms with E-state index < -0.39 is 5.54 Å². The number of rotatable bonds is 4. The van der Waals surface area contributed by atoms with Gasteiger partial charge in [0, 0.05) is 23.2 Å². The number of benzene rings is 1. The molecule has 1 aromatic carbocycles. The van der Waals surface area contributed by atoms with Gasteiger partial charge in [0.15, 0.2) is 5.11 Å². The molecule has 23 heavy (non-hydrogen) atoms. The molecule has 0 aliphatic rings. The minimum absolute atomic E-state index is 0.365. The zero-order valence-corrected chi connectivity index (χ0v) is 14.3. The van der Waals surface area contributed by atoms with E-state index in [1.165, 1.54) is 6.07 Å².